The van der Waals surface area contributed by atoms with E-state index in [4.69, 9.17) is 5.26 Å². The molecule has 1 aliphatic heterocycles. The van der Waals surface area contributed by atoms with Crippen molar-refractivity contribution in [3.8, 4) is 6.07 Å². The molecular weight excluding hydrogens is 290 g/mol. The number of carbonyl (C=O) groups is 2. The summed E-state index contributed by atoms with van der Waals surface area (Å²) in [5.41, 5.74) is 1.80. The summed E-state index contributed by atoms with van der Waals surface area (Å²) >= 11 is 0. The van der Waals surface area contributed by atoms with Gasteiger partial charge >= 0.3 is 0 Å². The second-order valence-corrected chi connectivity index (χ2v) is 6.42. The van der Waals surface area contributed by atoms with Crippen LogP contribution in [0.1, 0.15) is 36.8 Å². The summed E-state index contributed by atoms with van der Waals surface area (Å²) in [5, 5.41) is 15.0. The minimum absolute atomic E-state index is 0.0239. The maximum Gasteiger partial charge on any atom is 0.224 e. The van der Waals surface area contributed by atoms with E-state index in [9.17, 15) is 9.59 Å². The Morgan fingerprint density at radius 2 is 2.00 bits per heavy atom. The predicted molar refractivity (Wildman–Crippen MR) is 85.3 cm³/mol. The molecule has 1 saturated heterocycles. The summed E-state index contributed by atoms with van der Waals surface area (Å²) in [6, 6.07) is 9.79. The fourth-order valence-corrected chi connectivity index (χ4v) is 3.31. The van der Waals surface area contributed by atoms with E-state index >= 15 is 0 Å². The smallest absolute Gasteiger partial charge is 0.224 e. The minimum atomic E-state index is -0.0396. The van der Waals surface area contributed by atoms with Crippen molar-refractivity contribution in [2.24, 2.45) is 5.92 Å². The van der Waals surface area contributed by atoms with Crippen LogP contribution in [0.2, 0.25) is 0 Å². The quantitative estimate of drug-likeness (QED) is 0.864. The molecule has 1 aromatic rings. The van der Waals surface area contributed by atoms with E-state index in [1.54, 1.807) is 0 Å². The zero-order valence-electron chi connectivity index (χ0n) is 13.0. The molecule has 2 atom stereocenters. The van der Waals surface area contributed by atoms with Gasteiger partial charge in [0.1, 0.15) is 0 Å². The Balaban J connectivity index is 1.63. The lowest BCUT2D eigenvalue weighted by Crippen LogP contribution is -2.56. The van der Waals surface area contributed by atoms with Gasteiger partial charge in [-0.1, -0.05) is 24.3 Å². The fourth-order valence-electron chi connectivity index (χ4n) is 3.31. The van der Waals surface area contributed by atoms with Crippen molar-refractivity contribution >= 4 is 11.8 Å². The number of nitrogens with zero attached hydrogens (tertiary/aromatic N) is 1. The van der Waals surface area contributed by atoms with Gasteiger partial charge in [0.2, 0.25) is 11.8 Å². The summed E-state index contributed by atoms with van der Waals surface area (Å²) < 4.78 is 0. The molecule has 1 heterocycles. The number of benzene rings is 1. The summed E-state index contributed by atoms with van der Waals surface area (Å²) in [4.78, 5) is 24.0. The third-order valence-electron chi connectivity index (χ3n) is 4.66. The van der Waals surface area contributed by atoms with Crippen LogP contribution in [-0.4, -0.2) is 23.9 Å². The second-order valence-electron chi connectivity index (χ2n) is 6.42. The number of rotatable bonds is 5. The highest BCUT2D eigenvalue weighted by Gasteiger charge is 2.40. The summed E-state index contributed by atoms with van der Waals surface area (Å²) in [6.45, 7) is 0. The van der Waals surface area contributed by atoms with Crippen LogP contribution < -0.4 is 10.6 Å². The Kier molecular flexibility index (Phi) is 4.61. The second kappa shape index (κ2) is 6.82. The Bertz CT molecular complexity index is 646. The molecule has 0 unspecified atom stereocenters. The lowest BCUT2D eigenvalue weighted by Gasteiger charge is -2.33. The average Bonchev–Trinajstić information content (AvgIpc) is 3.36. The molecule has 0 aromatic heterocycles. The molecule has 120 valence electrons. The van der Waals surface area contributed by atoms with Crippen molar-refractivity contribution in [2.75, 3.05) is 0 Å². The van der Waals surface area contributed by atoms with Gasteiger partial charge in [-0.25, -0.2) is 0 Å². The SMILES string of the molecule is N#CCc1ccccc1CC(=O)N[C@@H]1CCC(=O)N[C@H]1C1CC1. The maximum atomic E-state index is 12.4. The van der Waals surface area contributed by atoms with Gasteiger partial charge < -0.3 is 10.6 Å². The number of nitrogens with one attached hydrogen (secondary N) is 2. The molecule has 5 nitrogen and oxygen atoms in total. The van der Waals surface area contributed by atoms with E-state index in [-0.39, 0.29) is 30.3 Å². The van der Waals surface area contributed by atoms with E-state index in [1.165, 1.54) is 0 Å². The predicted octanol–water partition coefficient (Wildman–Crippen LogP) is 1.47. The monoisotopic (exact) mass is 311 g/mol. The number of carbonyl (C=O) groups excluding carboxylic acids is 2. The summed E-state index contributed by atoms with van der Waals surface area (Å²) in [5.74, 6) is 0.560. The van der Waals surface area contributed by atoms with Crippen LogP contribution in [0.15, 0.2) is 24.3 Å². The van der Waals surface area contributed by atoms with Gasteiger partial charge in [0.05, 0.1) is 25.0 Å². The van der Waals surface area contributed by atoms with Crippen molar-refractivity contribution in [3.63, 3.8) is 0 Å². The largest absolute Gasteiger partial charge is 0.351 e. The number of hydrogen-bond acceptors (Lipinski definition) is 3. The summed E-state index contributed by atoms with van der Waals surface area (Å²) in [6.07, 6.45) is 4.02. The molecule has 2 amide bonds. The molecule has 1 aromatic carbocycles. The van der Waals surface area contributed by atoms with Gasteiger partial charge in [-0.2, -0.15) is 5.26 Å². The Hall–Kier alpha value is -2.35. The Morgan fingerprint density at radius 3 is 2.70 bits per heavy atom. The first-order valence-corrected chi connectivity index (χ1v) is 8.20. The molecule has 1 saturated carbocycles. The maximum absolute atomic E-state index is 12.4. The number of hydrogen-bond donors (Lipinski definition) is 2. The van der Waals surface area contributed by atoms with Gasteiger partial charge in [-0.05, 0) is 36.3 Å². The van der Waals surface area contributed by atoms with Crippen molar-refractivity contribution < 1.29 is 9.59 Å². The van der Waals surface area contributed by atoms with Gasteiger partial charge in [-0.15, -0.1) is 0 Å². The van der Waals surface area contributed by atoms with Crippen LogP contribution >= 0.6 is 0 Å². The van der Waals surface area contributed by atoms with Crippen LogP contribution in [0.25, 0.3) is 0 Å². The van der Waals surface area contributed by atoms with Gasteiger partial charge in [0.25, 0.3) is 0 Å². The van der Waals surface area contributed by atoms with Crippen LogP contribution in [0, 0.1) is 17.2 Å². The zero-order valence-corrected chi connectivity index (χ0v) is 13.0. The molecular formula is C18H21N3O2. The van der Waals surface area contributed by atoms with E-state index in [0.29, 0.717) is 25.2 Å². The van der Waals surface area contributed by atoms with Gasteiger partial charge in [0.15, 0.2) is 0 Å². The molecule has 0 radical (unpaired) electrons. The number of nitriles is 1. The third kappa shape index (κ3) is 3.89. The van der Waals surface area contributed by atoms with Crippen molar-refractivity contribution in [1.29, 1.82) is 5.26 Å². The molecule has 23 heavy (non-hydrogen) atoms. The van der Waals surface area contributed by atoms with Crippen molar-refractivity contribution in [1.82, 2.24) is 10.6 Å². The van der Waals surface area contributed by atoms with Crippen molar-refractivity contribution in [3.05, 3.63) is 35.4 Å². The number of piperidine rings is 1. The molecule has 0 spiro atoms. The standard InChI is InChI=1S/C18H21N3O2/c19-10-9-12-3-1-2-4-14(12)11-17(23)20-15-7-8-16(22)21-18(15)13-5-6-13/h1-4,13,15,18H,5-9,11H2,(H,20,23)(H,21,22)/t15-,18+/m1/s1. The first-order chi connectivity index (χ1) is 11.2. The van der Waals surface area contributed by atoms with Gasteiger partial charge in [0, 0.05) is 12.5 Å². The highest BCUT2D eigenvalue weighted by atomic mass is 16.2. The molecule has 5 heteroatoms. The van der Waals surface area contributed by atoms with E-state index in [2.05, 4.69) is 16.7 Å². The first-order valence-electron chi connectivity index (χ1n) is 8.20. The normalized spacial score (nSPS) is 23.7. The van der Waals surface area contributed by atoms with E-state index in [0.717, 1.165) is 24.0 Å². The topological polar surface area (TPSA) is 82.0 Å². The number of amides is 2. The zero-order chi connectivity index (χ0) is 16.2. The van der Waals surface area contributed by atoms with Crippen LogP contribution in [0.3, 0.4) is 0 Å². The summed E-state index contributed by atoms with van der Waals surface area (Å²) in [7, 11) is 0. The molecule has 0 bridgehead atoms. The van der Waals surface area contributed by atoms with E-state index < -0.39 is 0 Å². The van der Waals surface area contributed by atoms with Crippen LogP contribution in [0.5, 0.6) is 0 Å². The molecule has 3 rings (SSSR count). The third-order valence-corrected chi connectivity index (χ3v) is 4.66. The Morgan fingerprint density at radius 1 is 1.26 bits per heavy atom. The Labute approximate surface area is 136 Å². The van der Waals surface area contributed by atoms with E-state index in [1.807, 2.05) is 24.3 Å². The van der Waals surface area contributed by atoms with Crippen LogP contribution in [-0.2, 0) is 22.4 Å². The van der Waals surface area contributed by atoms with Gasteiger partial charge in [-0.3, -0.25) is 9.59 Å². The highest BCUT2D eigenvalue weighted by Crippen LogP contribution is 2.36. The first kappa shape index (κ1) is 15.5. The fraction of sp³-hybridized carbons (Fsp3) is 0.500. The highest BCUT2D eigenvalue weighted by molar-refractivity contribution is 5.81. The van der Waals surface area contributed by atoms with Crippen molar-refractivity contribution in [2.45, 2.75) is 50.6 Å². The molecule has 1 aliphatic carbocycles. The lowest BCUT2D eigenvalue weighted by atomic mass is 9.93. The lowest BCUT2D eigenvalue weighted by molar-refractivity contribution is -0.127. The molecule has 2 fully saturated rings. The minimum Gasteiger partial charge on any atom is -0.351 e. The molecule has 2 N–H and O–H groups in total. The average molecular weight is 311 g/mol. The van der Waals surface area contributed by atoms with Crippen LogP contribution in [0.4, 0.5) is 0 Å². The molecule has 2 aliphatic rings.